The Hall–Kier alpha value is -1.93. The SMILES string of the molecule is COC(=O)c1cc(C(=O)OC)cc(S(=O)(=O)NC2CCCCC2)c1. The second-order valence-corrected chi connectivity index (χ2v) is 7.40. The van der Waals surface area contributed by atoms with Crippen LogP contribution in [-0.4, -0.2) is 40.6 Å². The summed E-state index contributed by atoms with van der Waals surface area (Å²) < 4.78 is 37.1. The van der Waals surface area contributed by atoms with Gasteiger partial charge in [0.25, 0.3) is 0 Å². The predicted octanol–water partition coefficient (Wildman–Crippen LogP) is 1.87. The standard InChI is InChI=1S/C16H21NO6S/c1-22-15(18)11-8-12(16(19)23-2)10-14(9-11)24(20,21)17-13-6-4-3-5-7-13/h8-10,13,17H,3-7H2,1-2H3. The molecule has 0 atom stereocenters. The van der Waals surface area contributed by atoms with E-state index in [0.29, 0.717) is 0 Å². The smallest absolute Gasteiger partial charge is 0.337 e. The average molecular weight is 355 g/mol. The van der Waals surface area contributed by atoms with Gasteiger partial charge in [-0.15, -0.1) is 0 Å². The number of methoxy groups -OCH3 is 2. The number of esters is 2. The summed E-state index contributed by atoms with van der Waals surface area (Å²) in [6, 6.07) is 3.51. The third-order valence-corrected chi connectivity index (χ3v) is 5.49. The van der Waals surface area contributed by atoms with Gasteiger partial charge in [0.05, 0.1) is 30.2 Å². The molecule has 1 aromatic carbocycles. The first-order valence-electron chi connectivity index (χ1n) is 7.71. The fourth-order valence-electron chi connectivity index (χ4n) is 2.73. The summed E-state index contributed by atoms with van der Waals surface area (Å²) >= 11 is 0. The fourth-order valence-corrected chi connectivity index (χ4v) is 4.11. The summed E-state index contributed by atoms with van der Waals surface area (Å²) in [4.78, 5) is 23.4. The van der Waals surface area contributed by atoms with Crippen LogP contribution < -0.4 is 4.72 Å². The summed E-state index contributed by atoms with van der Waals surface area (Å²) in [6.45, 7) is 0. The second-order valence-electron chi connectivity index (χ2n) is 5.69. The Kier molecular flexibility index (Phi) is 5.95. The van der Waals surface area contributed by atoms with Crippen LogP contribution in [0.15, 0.2) is 23.1 Å². The zero-order valence-corrected chi connectivity index (χ0v) is 14.5. The molecule has 1 fully saturated rings. The molecule has 1 saturated carbocycles. The molecule has 0 radical (unpaired) electrons. The predicted molar refractivity (Wildman–Crippen MR) is 86.3 cm³/mol. The van der Waals surface area contributed by atoms with E-state index in [0.717, 1.165) is 32.1 Å². The molecule has 0 amide bonds. The lowest BCUT2D eigenvalue weighted by molar-refractivity contribution is 0.0598. The van der Waals surface area contributed by atoms with Crippen molar-refractivity contribution in [2.24, 2.45) is 0 Å². The minimum absolute atomic E-state index is 0.0237. The molecule has 7 nitrogen and oxygen atoms in total. The molecular weight excluding hydrogens is 334 g/mol. The fraction of sp³-hybridized carbons (Fsp3) is 0.500. The van der Waals surface area contributed by atoms with Gasteiger partial charge in [0, 0.05) is 6.04 Å². The van der Waals surface area contributed by atoms with Gasteiger partial charge in [0.15, 0.2) is 0 Å². The third kappa shape index (κ3) is 4.33. The van der Waals surface area contributed by atoms with Gasteiger partial charge in [0.2, 0.25) is 10.0 Å². The van der Waals surface area contributed by atoms with Gasteiger partial charge in [-0.1, -0.05) is 19.3 Å². The number of hydrogen-bond donors (Lipinski definition) is 1. The van der Waals surface area contributed by atoms with Crippen molar-refractivity contribution in [1.82, 2.24) is 4.72 Å². The minimum atomic E-state index is -3.85. The first kappa shape index (κ1) is 18.4. The largest absolute Gasteiger partial charge is 0.465 e. The summed E-state index contributed by atoms with van der Waals surface area (Å²) in [5.41, 5.74) is -0.0474. The number of nitrogens with one attached hydrogen (secondary N) is 1. The van der Waals surface area contributed by atoms with Crippen LogP contribution >= 0.6 is 0 Å². The molecule has 1 aromatic rings. The van der Waals surface area contributed by atoms with E-state index in [1.807, 2.05) is 0 Å². The Bertz CT molecular complexity index is 688. The van der Waals surface area contributed by atoms with E-state index < -0.39 is 22.0 Å². The first-order valence-corrected chi connectivity index (χ1v) is 9.19. The number of sulfonamides is 1. The molecule has 0 aromatic heterocycles. The molecule has 0 bridgehead atoms. The average Bonchev–Trinajstić information content (AvgIpc) is 2.60. The van der Waals surface area contributed by atoms with Crippen LogP contribution in [0.3, 0.4) is 0 Å². The molecule has 1 N–H and O–H groups in total. The Morgan fingerprint density at radius 3 is 1.92 bits per heavy atom. The first-order chi connectivity index (χ1) is 11.4. The summed E-state index contributed by atoms with van der Waals surface area (Å²) in [6.07, 6.45) is 4.60. The van der Waals surface area contributed by atoms with Crippen molar-refractivity contribution in [2.75, 3.05) is 14.2 Å². The number of ether oxygens (including phenoxy) is 2. The van der Waals surface area contributed by atoms with Crippen molar-refractivity contribution < 1.29 is 27.5 Å². The highest BCUT2D eigenvalue weighted by molar-refractivity contribution is 7.89. The molecule has 0 heterocycles. The number of hydrogen-bond acceptors (Lipinski definition) is 6. The molecule has 0 saturated heterocycles. The highest BCUT2D eigenvalue weighted by atomic mass is 32.2. The highest BCUT2D eigenvalue weighted by Crippen LogP contribution is 2.22. The maximum Gasteiger partial charge on any atom is 0.337 e. The van der Waals surface area contributed by atoms with Gasteiger partial charge in [-0.05, 0) is 31.0 Å². The lowest BCUT2D eigenvalue weighted by Crippen LogP contribution is -2.36. The summed E-state index contributed by atoms with van der Waals surface area (Å²) in [5.74, 6) is -1.45. The Labute approximate surface area is 141 Å². The minimum Gasteiger partial charge on any atom is -0.465 e. The van der Waals surface area contributed by atoms with E-state index in [4.69, 9.17) is 0 Å². The van der Waals surface area contributed by atoms with Crippen LogP contribution in [-0.2, 0) is 19.5 Å². The topological polar surface area (TPSA) is 98.8 Å². The number of benzene rings is 1. The molecule has 1 aliphatic rings. The lowest BCUT2D eigenvalue weighted by Gasteiger charge is -2.22. The molecule has 8 heteroatoms. The van der Waals surface area contributed by atoms with Gasteiger partial charge in [-0.3, -0.25) is 0 Å². The van der Waals surface area contributed by atoms with Crippen molar-refractivity contribution >= 4 is 22.0 Å². The Morgan fingerprint density at radius 2 is 1.46 bits per heavy atom. The van der Waals surface area contributed by atoms with Crippen LogP contribution in [0.1, 0.15) is 52.8 Å². The van der Waals surface area contributed by atoms with Crippen molar-refractivity contribution in [3.05, 3.63) is 29.3 Å². The van der Waals surface area contributed by atoms with Gasteiger partial charge in [-0.2, -0.15) is 0 Å². The molecule has 0 unspecified atom stereocenters. The normalized spacial score (nSPS) is 15.8. The van der Waals surface area contributed by atoms with Crippen molar-refractivity contribution in [2.45, 2.75) is 43.0 Å². The summed E-state index contributed by atoms with van der Waals surface area (Å²) in [5, 5.41) is 0. The number of rotatable bonds is 5. The van der Waals surface area contributed by atoms with Gasteiger partial charge < -0.3 is 9.47 Å². The monoisotopic (exact) mass is 355 g/mol. The van der Waals surface area contributed by atoms with Crippen molar-refractivity contribution in [1.29, 1.82) is 0 Å². The van der Waals surface area contributed by atoms with Gasteiger partial charge in [-0.25, -0.2) is 22.7 Å². The lowest BCUT2D eigenvalue weighted by atomic mass is 9.96. The van der Waals surface area contributed by atoms with Gasteiger partial charge >= 0.3 is 11.9 Å². The van der Waals surface area contributed by atoms with E-state index in [-0.39, 0.29) is 22.1 Å². The molecule has 132 valence electrons. The van der Waals surface area contributed by atoms with Crippen molar-refractivity contribution in [3.8, 4) is 0 Å². The van der Waals surface area contributed by atoms with Crippen molar-refractivity contribution in [3.63, 3.8) is 0 Å². The van der Waals surface area contributed by atoms with E-state index >= 15 is 0 Å². The maximum absolute atomic E-state index is 12.6. The zero-order valence-electron chi connectivity index (χ0n) is 13.7. The molecular formula is C16H21NO6S. The molecule has 0 aliphatic heterocycles. The second kappa shape index (κ2) is 7.76. The zero-order chi connectivity index (χ0) is 17.7. The van der Waals surface area contributed by atoms with Crippen LogP contribution in [0.25, 0.3) is 0 Å². The van der Waals surface area contributed by atoms with Gasteiger partial charge in [0.1, 0.15) is 0 Å². The molecule has 24 heavy (non-hydrogen) atoms. The third-order valence-electron chi connectivity index (χ3n) is 3.99. The van der Waals surface area contributed by atoms with E-state index in [1.165, 1.54) is 32.4 Å². The summed E-state index contributed by atoms with van der Waals surface area (Å²) in [7, 11) is -1.49. The van der Waals surface area contributed by atoms with Crippen LogP contribution in [0.5, 0.6) is 0 Å². The quantitative estimate of drug-likeness (QED) is 0.810. The van der Waals surface area contributed by atoms with Crippen LogP contribution in [0, 0.1) is 0 Å². The molecule has 2 rings (SSSR count). The van der Waals surface area contributed by atoms with E-state index in [9.17, 15) is 18.0 Å². The molecule has 1 aliphatic carbocycles. The maximum atomic E-state index is 12.6. The van der Waals surface area contributed by atoms with E-state index in [2.05, 4.69) is 14.2 Å². The van der Waals surface area contributed by atoms with Crippen LogP contribution in [0.4, 0.5) is 0 Å². The number of carbonyl (C=O) groups is 2. The molecule has 0 spiro atoms. The number of carbonyl (C=O) groups excluding carboxylic acids is 2. The Balaban J connectivity index is 2.39. The Morgan fingerprint density at radius 1 is 0.958 bits per heavy atom. The van der Waals surface area contributed by atoms with E-state index in [1.54, 1.807) is 0 Å². The highest BCUT2D eigenvalue weighted by Gasteiger charge is 2.24. The van der Waals surface area contributed by atoms with Crippen LogP contribution in [0.2, 0.25) is 0 Å².